The van der Waals surface area contributed by atoms with Crippen molar-refractivity contribution in [3.8, 4) is 44.5 Å². The van der Waals surface area contributed by atoms with Crippen molar-refractivity contribution in [1.82, 2.24) is 0 Å². The van der Waals surface area contributed by atoms with Crippen LogP contribution in [-0.4, -0.2) is 0 Å². The van der Waals surface area contributed by atoms with Crippen molar-refractivity contribution in [2.45, 2.75) is 0 Å². The van der Waals surface area contributed by atoms with E-state index in [-0.39, 0.29) is 32.7 Å². The van der Waals surface area contributed by atoms with Gasteiger partial charge in [-0.05, 0) is 105 Å². The van der Waals surface area contributed by atoms with Gasteiger partial charge in [-0.1, -0.05) is 194 Å². The minimum atomic E-state index is -0.766. The highest BCUT2D eigenvalue weighted by Gasteiger charge is 2.22. The Balaban J connectivity index is 1.24. The number of para-hydroxylation sites is 1. The molecule has 0 saturated heterocycles. The Labute approximate surface area is 350 Å². The highest BCUT2D eigenvalue weighted by Crippen LogP contribution is 2.49. The predicted molar refractivity (Wildman–Crippen MR) is 243 cm³/mol. The van der Waals surface area contributed by atoms with Crippen molar-refractivity contribution >= 4 is 75.8 Å². The van der Waals surface area contributed by atoms with E-state index in [9.17, 15) is 6.85 Å². The average Bonchev–Trinajstić information content (AvgIpc) is 3.78. The Hall–Kier alpha value is -7.48. The van der Waals surface area contributed by atoms with Crippen LogP contribution in [0, 0.1) is 0 Å². The van der Waals surface area contributed by atoms with Gasteiger partial charge in [0.25, 0.3) is 0 Å². The Morgan fingerprint density at radius 2 is 0.895 bits per heavy atom. The van der Waals surface area contributed by atoms with E-state index < -0.39 is 107 Å². The van der Waals surface area contributed by atoms with Gasteiger partial charge in [0.2, 0.25) is 0 Å². The second kappa shape index (κ2) is 12.5. The van der Waals surface area contributed by atoms with E-state index in [1.165, 1.54) is 0 Å². The normalized spacial score (nSPS) is 15.5. The molecule has 1 aromatic heterocycles. The molecule has 0 N–H and O–H groups in total. The molecule has 0 bridgehead atoms. The van der Waals surface area contributed by atoms with E-state index >= 15 is 0 Å². The zero-order valence-corrected chi connectivity index (χ0v) is 29.9. The van der Waals surface area contributed by atoms with Crippen molar-refractivity contribution in [2.75, 3.05) is 0 Å². The fraction of sp³-hybridized carbons (Fsp3) is 0. The molecule has 1 heteroatoms. The predicted octanol–water partition coefficient (Wildman–Crippen LogP) is 16.0. The molecule has 12 aromatic rings. The maximum Gasteiger partial charge on any atom is 0.143 e. The number of hydrogen-bond acceptors (Lipinski definition) is 1. The molecular weight excluding hydrogens is 689 g/mol. The van der Waals surface area contributed by atoms with Gasteiger partial charge in [0, 0.05) is 16.3 Å². The quantitative estimate of drug-likeness (QED) is 0.164. The van der Waals surface area contributed by atoms with Gasteiger partial charge in [0.1, 0.15) is 11.2 Å². The summed E-state index contributed by atoms with van der Waals surface area (Å²) >= 11 is 0. The van der Waals surface area contributed by atoms with Crippen LogP contribution >= 0.6 is 0 Å². The summed E-state index contributed by atoms with van der Waals surface area (Å²) in [7, 11) is 0. The summed E-state index contributed by atoms with van der Waals surface area (Å²) in [4.78, 5) is 0. The molecule has 264 valence electrons. The molecule has 0 radical (unpaired) electrons. The van der Waals surface area contributed by atoms with Gasteiger partial charge in [-0.2, -0.15) is 0 Å². The summed E-state index contributed by atoms with van der Waals surface area (Å²) in [6.45, 7) is 0. The topological polar surface area (TPSA) is 13.1 Å². The lowest BCUT2D eigenvalue weighted by Gasteiger charge is -2.20. The van der Waals surface area contributed by atoms with Gasteiger partial charge in [-0.25, -0.2) is 0 Å². The smallest absolute Gasteiger partial charge is 0.143 e. The minimum Gasteiger partial charge on any atom is -0.455 e. The van der Waals surface area contributed by atoms with Crippen LogP contribution in [0.4, 0.5) is 0 Å². The van der Waals surface area contributed by atoms with E-state index in [4.69, 9.17) is 18.1 Å². The molecule has 0 amide bonds. The molecule has 0 fully saturated rings. The van der Waals surface area contributed by atoms with Crippen molar-refractivity contribution in [2.24, 2.45) is 0 Å². The third-order valence-corrected chi connectivity index (χ3v) is 11.0. The maximum absolute atomic E-state index is 9.69. The number of fused-ring (bicyclic) bond motifs is 8. The molecule has 0 aliphatic carbocycles. The Bertz CT molecular complexity index is 4360. The fourth-order valence-electron chi connectivity index (χ4n) is 8.57. The summed E-state index contributed by atoms with van der Waals surface area (Å²) in [5.41, 5.74) is 4.08. The first-order valence-corrected chi connectivity index (χ1v) is 18.4. The van der Waals surface area contributed by atoms with Crippen LogP contribution in [0.2, 0.25) is 0 Å². The van der Waals surface area contributed by atoms with Crippen LogP contribution in [-0.2, 0) is 0 Å². The molecule has 1 heterocycles. The van der Waals surface area contributed by atoms with Crippen LogP contribution in [0.3, 0.4) is 0 Å². The standard InChI is InChI=1S/C56H34O/c1-3-20-39-35(14-1)16-9-26-41(39)38-32-33-52-51(34-38)49-30-13-29-48(56(49)57-52)47-28-11-18-37-19-12-31-50(53(37)47)55-45-24-7-5-22-43(45)54(44-23-6-8-25-46(44)55)42-27-10-17-36-15-2-4-21-40(36)42/h1-34H/i2D,4D,5D,6D,7D,8D,10D,15D,17D,21D,22D,23D,24D,25D,27D. The maximum atomic E-state index is 9.69. The second-order valence-corrected chi connectivity index (χ2v) is 14.0. The van der Waals surface area contributed by atoms with Gasteiger partial charge in [-0.15, -0.1) is 0 Å². The van der Waals surface area contributed by atoms with Crippen LogP contribution in [0.25, 0.3) is 120 Å². The zero-order chi connectivity index (χ0) is 50.5. The van der Waals surface area contributed by atoms with E-state index in [2.05, 4.69) is 30.3 Å². The van der Waals surface area contributed by atoms with Crippen LogP contribution in [0.5, 0.6) is 0 Å². The molecule has 0 aliphatic rings. The van der Waals surface area contributed by atoms with Gasteiger partial charge >= 0.3 is 0 Å². The van der Waals surface area contributed by atoms with Crippen molar-refractivity contribution in [1.29, 1.82) is 0 Å². The summed E-state index contributed by atoms with van der Waals surface area (Å²) in [6.07, 6.45) is 0. The van der Waals surface area contributed by atoms with Crippen molar-refractivity contribution < 1.29 is 25.0 Å². The third kappa shape index (κ3) is 4.83. The number of rotatable bonds is 4. The Morgan fingerprint density at radius 1 is 0.333 bits per heavy atom. The lowest BCUT2D eigenvalue weighted by atomic mass is 9.82. The van der Waals surface area contributed by atoms with E-state index in [0.29, 0.717) is 38.6 Å². The first-order chi connectivity index (χ1) is 34.5. The first kappa shape index (κ1) is 20.4. The molecule has 12 rings (SSSR count). The SMILES string of the molecule is [2H]c1c([2H])c([2H])c2c(-c3c4c([2H])c([2H])c([2H])c([2H])c4c(-c4cccc5cccc(-c6cccc7c6oc6ccc(-c8cccc9ccccc89)cc67)c45)c4c([2H])c([2H])c([2H])c([2H])c34)c([2H])c([2H])c([2H])c2c1[2H]. The van der Waals surface area contributed by atoms with Crippen LogP contribution in [0.15, 0.2) is 210 Å². The average molecular weight is 738 g/mol. The van der Waals surface area contributed by atoms with Gasteiger partial charge in [-0.3, -0.25) is 0 Å². The molecule has 0 saturated carbocycles. The fourth-order valence-corrected chi connectivity index (χ4v) is 8.57. The minimum absolute atomic E-state index is 0.0123. The summed E-state index contributed by atoms with van der Waals surface area (Å²) in [5.74, 6) is 0. The largest absolute Gasteiger partial charge is 0.455 e. The molecule has 57 heavy (non-hydrogen) atoms. The number of hydrogen-bond donors (Lipinski definition) is 0. The molecule has 11 aromatic carbocycles. The highest BCUT2D eigenvalue weighted by molar-refractivity contribution is 6.26. The van der Waals surface area contributed by atoms with E-state index in [0.717, 1.165) is 32.7 Å². The summed E-state index contributed by atoms with van der Waals surface area (Å²) < 4.78 is 144. The monoisotopic (exact) mass is 737 g/mol. The molecule has 0 unspecified atom stereocenters. The van der Waals surface area contributed by atoms with Crippen LogP contribution in [0.1, 0.15) is 20.6 Å². The lowest BCUT2D eigenvalue weighted by Crippen LogP contribution is -1.93. The zero-order valence-electron chi connectivity index (χ0n) is 44.9. The molecule has 0 spiro atoms. The van der Waals surface area contributed by atoms with Crippen LogP contribution < -0.4 is 0 Å². The second-order valence-electron chi connectivity index (χ2n) is 14.0. The van der Waals surface area contributed by atoms with E-state index in [1.807, 2.05) is 72.8 Å². The van der Waals surface area contributed by atoms with E-state index in [1.54, 1.807) is 12.1 Å². The Morgan fingerprint density at radius 3 is 1.67 bits per heavy atom. The van der Waals surface area contributed by atoms with Crippen molar-refractivity contribution in [3.05, 3.63) is 206 Å². The van der Waals surface area contributed by atoms with Gasteiger partial charge in [0.15, 0.2) is 0 Å². The number of benzene rings is 11. The van der Waals surface area contributed by atoms with Gasteiger partial charge < -0.3 is 4.42 Å². The lowest BCUT2D eigenvalue weighted by molar-refractivity contribution is 0.670. The first-order valence-electron chi connectivity index (χ1n) is 25.9. The molecule has 0 atom stereocenters. The molecular formula is C56H34O. The molecule has 0 aliphatic heterocycles. The molecule has 1 nitrogen and oxygen atoms in total. The highest BCUT2D eigenvalue weighted by atomic mass is 16.3. The Kier molecular flexibility index (Phi) is 4.49. The summed E-state index contributed by atoms with van der Waals surface area (Å²) in [6, 6.07) is 26.9. The summed E-state index contributed by atoms with van der Waals surface area (Å²) in [5, 5.41) is 3.24. The third-order valence-electron chi connectivity index (χ3n) is 11.0. The number of furan rings is 1. The van der Waals surface area contributed by atoms with Gasteiger partial charge in [0.05, 0.1) is 20.6 Å². The van der Waals surface area contributed by atoms with Crippen molar-refractivity contribution in [3.63, 3.8) is 0 Å².